The maximum Gasteiger partial charge on any atom is 0.416 e. The Kier molecular flexibility index (Phi) is 8.71. The molecule has 0 radical (unpaired) electrons. The van der Waals surface area contributed by atoms with Gasteiger partial charge < -0.3 is 15.4 Å². The van der Waals surface area contributed by atoms with Crippen molar-refractivity contribution in [1.82, 2.24) is 10.6 Å². The first-order valence-electron chi connectivity index (χ1n) is 6.91. The van der Waals surface area contributed by atoms with Crippen LogP contribution in [0.1, 0.15) is 26.3 Å². The van der Waals surface area contributed by atoms with E-state index in [-0.39, 0.29) is 29.5 Å². The van der Waals surface area contributed by atoms with E-state index in [0.717, 1.165) is 12.1 Å². The normalized spacial score (nSPS) is 12.4. The van der Waals surface area contributed by atoms with Crippen molar-refractivity contribution in [3.63, 3.8) is 0 Å². The summed E-state index contributed by atoms with van der Waals surface area (Å²) in [6.45, 7) is 6.84. The van der Waals surface area contributed by atoms with Gasteiger partial charge in [-0.25, -0.2) is 0 Å². The number of alkyl halides is 3. The van der Waals surface area contributed by atoms with E-state index in [1.807, 2.05) is 20.8 Å². The Bertz CT molecular complexity index is 496. The number of hydrogen-bond acceptors (Lipinski definition) is 2. The minimum atomic E-state index is -4.33. The summed E-state index contributed by atoms with van der Waals surface area (Å²) < 4.78 is 42.6. The van der Waals surface area contributed by atoms with Crippen LogP contribution in [0.2, 0.25) is 0 Å². The lowest BCUT2D eigenvalue weighted by molar-refractivity contribution is -0.137. The van der Waals surface area contributed by atoms with Crippen molar-refractivity contribution in [3.05, 3.63) is 29.8 Å². The largest absolute Gasteiger partial charge is 0.492 e. The highest BCUT2D eigenvalue weighted by Gasteiger charge is 2.29. The van der Waals surface area contributed by atoms with Gasteiger partial charge in [-0.15, -0.1) is 24.0 Å². The molecule has 0 spiro atoms. The second-order valence-electron chi connectivity index (χ2n) is 5.74. The molecule has 0 atom stereocenters. The quantitative estimate of drug-likeness (QED) is 0.322. The Morgan fingerprint density at radius 3 is 2.13 bits per heavy atom. The number of hydrogen-bond donors (Lipinski definition) is 2. The summed E-state index contributed by atoms with van der Waals surface area (Å²) in [5.74, 6) is 1.04. The lowest BCUT2D eigenvalue weighted by Gasteiger charge is -2.23. The Balaban J connectivity index is 0.00000484. The molecule has 23 heavy (non-hydrogen) atoms. The summed E-state index contributed by atoms with van der Waals surface area (Å²) in [5, 5.41) is 6.25. The highest BCUT2D eigenvalue weighted by molar-refractivity contribution is 14.0. The molecule has 1 rings (SSSR count). The molecule has 1 aromatic rings. The van der Waals surface area contributed by atoms with Crippen molar-refractivity contribution in [3.8, 4) is 5.75 Å². The van der Waals surface area contributed by atoms with Crippen LogP contribution in [-0.4, -0.2) is 31.7 Å². The molecule has 4 nitrogen and oxygen atoms in total. The van der Waals surface area contributed by atoms with Gasteiger partial charge in [-0.2, -0.15) is 13.2 Å². The molecule has 0 amide bonds. The van der Waals surface area contributed by atoms with E-state index in [2.05, 4.69) is 15.6 Å². The van der Waals surface area contributed by atoms with Gasteiger partial charge in [0.05, 0.1) is 12.1 Å². The third-order valence-corrected chi connectivity index (χ3v) is 2.56. The summed E-state index contributed by atoms with van der Waals surface area (Å²) in [6.07, 6.45) is -4.33. The molecule has 0 heterocycles. The standard InChI is InChI=1S/C15H22F3N3O.HI/c1-14(2,3)21-13(19-4)20-9-10-22-12-7-5-11(6-8-12)15(16,17)18;/h5-8H,9-10H2,1-4H3,(H2,19,20,21);1H. The van der Waals surface area contributed by atoms with E-state index in [0.29, 0.717) is 24.9 Å². The van der Waals surface area contributed by atoms with Crippen LogP contribution in [-0.2, 0) is 6.18 Å². The summed E-state index contributed by atoms with van der Waals surface area (Å²) in [6, 6.07) is 4.63. The number of benzene rings is 1. The molecule has 0 aliphatic rings. The van der Waals surface area contributed by atoms with Gasteiger partial charge in [-0.05, 0) is 45.0 Å². The minimum absolute atomic E-state index is 0. The van der Waals surface area contributed by atoms with Crippen LogP contribution in [0, 0.1) is 0 Å². The molecular weight excluding hydrogens is 422 g/mol. The predicted molar refractivity (Wildman–Crippen MR) is 96.6 cm³/mol. The molecule has 8 heteroatoms. The molecule has 2 N–H and O–H groups in total. The first kappa shape index (κ1) is 21.8. The number of halogens is 4. The van der Waals surface area contributed by atoms with Crippen LogP contribution in [0.5, 0.6) is 5.75 Å². The second-order valence-corrected chi connectivity index (χ2v) is 5.74. The molecule has 0 aliphatic carbocycles. The van der Waals surface area contributed by atoms with E-state index in [4.69, 9.17) is 4.74 Å². The second kappa shape index (κ2) is 9.19. The van der Waals surface area contributed by atoms with Crippen LogP contribution in [0.3, 0.4) is 0 Å². The summed E-state index contributed by atoms with van der Waals surface area (Å²) in [5.41, 5.74) is -0.802. The van der Waals surface area contributed by atoms with Gasteiger partial charge in [0.2, 0.25) is 0 Å². The van der Waals surface area contributed by atoms with Crippen molar-refractivity contribution in [1.29, 1.82) is 0 Å². The van der Waals surface area contributed by atoms with Crippen LogP contribution in [0.25, 0.3) is 0 Å². The number of ether oxygens (including phenoxy) is 1. The monoisotopic (exact) mass is 445 g/mol. The molecule has 0 bridgehead atoms. The van der Waals surface area contributed by atoms with Gasteiger partial charge in [-0.1, -0.05) is 0 Å². The zero-order valence-electron chi connectivity index (χ0n) is 13.6. The van der Waals surface area contributed by atoms with Crippen LogP contribution >= 0.6 is 24.0 Å². The van der Waals surface area contributed by atoms with E-state index < -0.39 is 11.7 Å². The molecule has 0 saturated heterocycles. The van der Waals surface area contributed by atoms with Gasteiger partial charge >= 0.3 is 6.18 Å². The van der Waals surface area contributed by atoms with Crippen molar-refractivity contribution in [2.24, 2.45) is 4.99 Å². The molecular formula is C15H23F3IN3O. The number of rotatable bonds is 4. The molecule has 0 fully saturated rings. The third-order valence-electron chi connectivity index (χ3n) is 2.56. The fourth-order valence-electron chi connectivity index (χ4n) is 1.61. The van der Waals surface area contributed by atoms with Crippen molar-refractivity contribution < 1.29 is 17.9 Å². The van der Waals surface area contributed by atoms with Gasteiger partial charge in [0, 0.05) is 12.6 Å². The molecule has 1 aromatic carbocycles. The predicted octanol–water partition coefficient (Wildman–Crippen LogP) is 3.67. The van der Waals surface area contributed by atoms with Crippen molar-refractivity contribution >= 4 is 29.9 Å². The average Bonchev–Trinajstić information content (AvgIpc) is 2.40. The smallest absolute Gasteiger partial charge is 0.416 e. The van der Waals surface area contributed by atoms with E-state index >= 15 is 0 Å². The van der Waals surface area contributed by atoms with Gasteiger partial charge in [0.1, 0.15) is 12.4 Å². The zero-order chi connectivity index (χ0) is 16.8. The molecule has 0 unspecified atom stereocenters. The van der Waals surface area contributed by atoms with Crippen molar-refractivity contribution in [2.75, 3.05) is 20.2 Å². The Hall–Kier alpha value is -1.19. The Labute approximate surface area is 151 Å². The first-order valence-corrected chi connectivity index (χ1v) is 6.91. The fraction of sp³-hybridized carbons (Fsp3) is 0.533. The zero-order valence-corrected chi connectivity index (χ0v) is 16.0. The number of aliphatic imine (C=N–C) groups is 1. The van der Waals surface area contributed by atoms with E-state index in [1.165, 1.54) is 12.1 Å². The molecule has 132 valence electrons. The fourth-order valence-corrected chi connectivity index (χ4v) is 1.61. The van der Waals surface area contributed by atoms with Crippen LogP contribution in [0.15, 0.2) is 29.3 Å². The van der Waals surface area contributed by atoms with Crippen LogP contribution < -0.4 is 15.4 Å². The van der Waals surface area contributed by atoms with E-state index in [9.17, 15) is 13.2 Å². The van der Waals surface area contributed by atoms with Gasteiger partial charge in [-0.3, -0.25) is 4.99 Å². The van der Waals surface area contributed by atoms with E-state index in [1.54, 1.807) is 7.05 Å². The SMILES string of the molecule is CN=C(NCCOc1ccc(C(F)(F)F)cc1)NC(C)(C)C.I. The Morgan fingerprint density at radius 1 is 1.13 bits per heavy atom. The summed E-state index contributed by atoms with van der Waals surface area (Å²) in [4.78, 5) is 4.07. The first-order chi connectivity index (χ1) is 10.1. The van der Waals surface area contributed by atoms with Crippen molar-refractivity contribution in [2.45, 2.75) is 32.5 Å². The number of guanidine groups is 1. The van der Waals surface area contributed by atoms with Crippen LogP contribution in [0.4, 0.5) is 13.2 Å². The third kappa shape index (κ3) is 8.87. The number of nitrogens with one attached hydrogen (secondary N) is 2. The van der Waals surface area contributed by atoms with Gasteiger partial charge in [0.25, 0.3) is 0 Å². The minimum Gasteiger partial charge on any atom is -0.492 e. The number of nitrogens with zero attached hydrogens (tertiary/aromatic N) is 1. The highest BCUT2D eigenvalue weighted by Crippen LogP contribution is 2.30. The molecule has 0 aliphatic heterocycles. The maximum absolute atomic E-state index is 12.4. The lowest BCUT2D eigenvalue weighted by Crippen LogP contribution is -2.48. The summed E-state index contributed by atoms with van der Waals surface area (Å²) >= 11 is 0. The highest BCUT2D eigenvalue weighted by atomic mass is 127. The topological polar surface area (TPSA) is 45.7 Å². The molecule has 0 aromatic heterocycles. The maximum atomic E-state index is 12.4. The average molecular weight is 445 g/mol. The Morgan fingerprint density at radius 2 is 1.70 bits per heavy atom. The summed E-state index contributed by atoms with van der Waals surface area (Å²) in [7, 11) is 1.66. The molecule has 0 saturated carbocycles. The van der Waals surface area contributed by atoms with Gasteiger partial charge in [0.15, 0.2) is 5.96 Å². The lowest BCUT2D eigenvalue weighted by atomic mass is 10.1.